The summed E-state index contributed by atoms with van der Waals surface area (Å²) >= 11 is 0. The zero-order valence-corrected chi connectivity index (χ0v) is 22.6. The Balaban J connectivity index is 1.47. The minimum Gasteiger partial charge on any atom is -0.392 e. The summed E-state index contributed by atoms with van der Waals surface area (Å²) in [5, 5.41) is 22.7. The van der Waals surface area contributed by atoms with Gasteiger partial charge < -0.3 is 20.0 Å². The van der Waals surface area contributed by atoms with E-state index in [1.54, 1.807) is 0 Å². The largest absolute Gasteiger partial charge is 0.392 e. The van der Waals surface area contributed by atoms with E-state index in [-0.39, 0.29) is 33.7 Å². The minimum absolute atomic E-state index is 0.00844. The van der Waals surface area contributed by atoms with Crippen LogP contribution in [0.15, 0.2) is 36.4 Å². The van der Waals surface area contributed by atoms with Crippen LogP contribution in [0.2, 0.25) is 0 Å². The van der Waals surface area contributed by atoms with E-state index in [4.69, 9.17) is 0 Å². The Kier molecular flexibility index (Phi) is 4.73. The van der Waals surface area contributed by atoms with Gasteiger partial charge in [-0.1, -0.05) is 52.0 Å². The highest BCUT2D eigenvalue weighted by Gasteiger charge is 2.54. The molecule has 2 aliphatic heterocycles. The van der Waals surface area contributed by atoms with Crippen molar-refractivity contribution in [2.75, 3.05) is 23.9 Å². The summed E-state index contributed by atoms with van der Waals surface area (Å²) in [5.74, 6) is -0.527. The maximum absolute atomic E-state index is 11.3. The van der Waals surface area contributed by atoms with Crippen LogP contribution in [0, 0.1) is 0 Å². The molecule has 2 aromatic rings. The number of benzene rings is 2. The first-order valence-electron chi connectivity index (χ1n) is 12.7. The molecule has 4 nitrogen and oxygen atoms in total. The smallest absolute Gasteiger partial charge is 0.0727 e. The Labute approximate surface area is 205 Å². The third-order valence-electron chi connectivity index (χ3n) is 11.1. The van der Waals surface area contributed by atoms with Crippen molar-refractivity contribution in [3.63, 3.8) is 0 Å². The normalized spacial score (nSPS) is 31.8. The Morgan fingerprint density at radius 2 is 0.912 bits per heavy atom. The second-order valence-corrected chi connectivity index (χ2v) is 13.1. The fourth-order valence-corrected chi connectivity index (χ4v) is 6.70. The van der Waals surface area contributed by atoms with Crippen LogP contribution in [0.3, 0.4) is 0 Å². The van der Waals surface area contributed by atoms with Crippen molar-refractivity contribution in [3.8, 4) is 0 Å². The Morgan fingerprint density at radius 1 is 0.588 bits per heavy atom. The lowest BCUT2D eigenvalue weighted by atomic mass is 9.62. The van der Waals surface area contributed by atoms with Gasteiger partial charge in [0.25, 0.3) is 0 Å². The van der Waals surface area contributed by atoms with Crippen LogP contribution >= 0.6 is 0 Å². The van der Waals surface area contributed by atoms with Gasteiger partial charge >= 0.3 is 0 Å². The Morgan fingerprint density at radius 3 is 1.24 bits per heavy atom. The van der Waals surface area contributed by atoms with Crippen molar-refractivity contribution in [2.45, 2.75) is 101 Å². The molecular weight excluding hydrogens is 420 g/mol. The quantitative estimate of drug-likeness (QED) is 0.636. The zero-order valence-electron chi connectivity index (χ0n) is 22.6. The minimum atomic E-state index is -0.600. The first-order chi connectivity index (χ1) is 15.6. The van der Waals surface area contributed by atoms with Crippen LogP contribution < -0.4 is 9.80 Å². The molecule has 1 saturated carbocycles. The molecule has 2 heterocycles. The van der Waals surface area contributed by atoms with E-state index >= 15 is 0 Å². The molecule has 3 aliphatic rings. The second-order valence-electron chi connectivity index (χ2n) is 13.1. The molecular formula is C30H42N2O2. The van der Waals surface area contributed by atoms with Crippen molar-refractivity contribution in [3.05, 3.63) is 58.7 Å². The summed E-state index contributed by atoms with van der Waals surface area (Å²) in [6.07, 6.45) is -1.20. The van der Waals surface area contributed by atoms with Gasteiger partial charge in [0.05, 0.1) is 12.2 Å². The van der Waals surface area contributed by atoms with Crippen LogP contribution in [-0.4, -0.2) is 47.6 Å². The van der Waals surface area contributed by atoms with Crippen molar-refractivity contribution in [1.29, 1.82) is 0 Å². The van der Waals surface area contributed by atoms with E-state index in [1.165, 1.54) is 22.5 Å². The molecule has 2 N–H and O–H groups in total. The summed E-state index contributed by atoms with van der Waals surface area (Å²) in [6, 6.07) is 13.0. The molecule has 4 heteroatoms. The average molecular weight is 463 g/mol. The molecule has 1 fully saturated rings. The third-order valence-corrected chi connectivity index (χ3v) is 11.1. The third kappa shape index (κ3) is 2.62. The van der Waals surface area contributed by atoms with Crippen LogP contribution in [0.25, 0.3) is 0 Å². The molecule has 0 unspecified atom stereocenters. The SMILES string of the molecule is CN1c2ccc(C3C(O)C(c4ccc5c(c4)C(C)(C)C(C)(C)N5C)C3O)cc2C(C)(C)C1(C)C. The summed E-state index contributed by atoms with van der Waals surface area (Å²) < 4.78 is 0. The monoisotopic (exact) mass is 462 g/mol. The number of rotatable bonds is 2. The van der Waals surface area contributed by atoms with Gasteiger partial charge in [0.2, 0.25) is 0 Å². The zero-order chi connectivity index (χ0) is 25.2. The van der Waals surface area contributed by atoms with Crippen molar-refractivity contribution < 1.29 is 10.2 Å². The fraction of sp³-hybridized carbons (Fsp3) is 0.600. The highest BCUT2D eigenvalue weighted by molar-refractivity contribution is 5.68. The first-order valence-corrected chi connectivity index (χ1v) is 12.7. The number of nitrogens with zero attached hydrogens (tertiary/aromatic N) is 2. The van der Waals surface area contributed by atoms with Crippen LogP contribution in [0.4, 0.5) is 11.4 Å². The highest BCUT2D eigenvalue weighted by atomic mass is 16.3. The van der Waals surface area contributed by atoms with E-state index in [9.17, 15) is 10.2 Å². The number of fused-ring (bicyclic) bond motifs is 2. The molecule has 0 radical (unpaired) electrons. The summed E-state index contributed by atoms with van der Waals surface area (Å²) in [7, 11) is 4.31. The lowest BCUT2D eigenvalue weighted by molar-refractivity contribution is -0.0785. The van der Waals surface area contributed by atoms with Crippen molar-refractivity contribution in [1.82, 2.24) is 0 Å². The van der Waals surface area contributed by atoms with E-state index < -0.39 is 12.2 Å². The number of hydrogen-bond acceptors (Lipinski definition) is 4. The van der Waals surface area contributed by atoms with Crippen molar-refractivity contribution >= 4 is 11.4 Å². The van der Waals surface area contributed by atoms with Gasteiger partial charge in [0, 0.05) is 59.2 Å². The Hall–Kier alpha value is -2.04. The summed E-state index contributed by atoms with van der Waals surface area (Å²) in [6.45, 7) is 18.3. The molecule has 0 spiro atoms. The van der Waals surface area contributed by atoms with Crippen LogP contribution in [-0.2, 0) is 10.8 Å². The molecule has 1 aliphatic carbocycles. The van der Waals surface area contributed by atoms with Gasteiger partial charge in [-0.15, -0.1) is 0 Å². The molecule has 34 heavy (non-hydrogen) atoms. The predicted molar refractivity (Wildman–Crippen MR) is 141 cm³/mol. The maximum Gasteiger partial charge on any atom is 0.0727 e. The van der Waals surface area contributed by atoms with Gasteiger partial charge in [0.1, 0.15) is 0 Å². The van der Waals surface area contributed by atoms with Gasteiger partial charge in [-0.3, -0.25) is 0 Å². The molecule has 184 valence electrons. The summed E-state index contributed by atoms with van der Waals surface area (Å²) in [5.41, 5.74) is 7.07. The predicted octanol–water partition coefficient (Wildman–Crippen LogP) is 5.30. The van der Waals surface area contributed by atoms with Gasteiger partial charge in [0.15, 0.2) is 0 Å². The van der Waals surface area contributed by atoms with E-state index in [0.29, 0.717) is 0 Å². The lowest BCUT2D eigenvalue weighted by Crippen LogP contribution is -2.52. The van der Waals surface area contributed by atoms with Gasteiger partial charge in [-0.25, -0.2) is 0 Å². The number of hydrogen-bond donors (Lipinski definition) is 2. The molecule has 2 aromatic carbocycles. The topological polar surface area (TPSA) is 46.9 Å². The number of aliphatic hydroxyl groups is 2. The van der Waals surface area contributed by atoms with Gasteiger partial charge in [-0.05, 0) is 62.1 Å². The Bertz CT molecular complexity index is 1060. The molecule has 0 atom stereocenters. The fourth-order valence-electron chi connectivity index (χ4n) is 6.70. The molecule has 0 aromatic heterocycles. The van der Waals surface area contributed by atoms with E-state index in [0.717, 1.165) is 11.1 Å². The number of anilines is 2. The molecule has 0 amide bonds. The van der Waals surface area contributed by atoms with E-state index in [2.05, 4.69) is 116 Å². The molecule has 0 saturated heterocycles. The average Bonchev–Trinajstić information content (AvgIpc) is 2.98. The highest BCUT2D eigenvalue weighted by Crippen LogP contribution is 2.56. The molecule has 5 rings (SSSR count). The number of likely N-dealkylation sites (N-methyl/N-ethyl adjacent to an activating group) is 2. The second kappa shape index (κ2) is 6.79. The van der Waals surface area contributed by atoms with Gasteiger partial charge in [-0.2, -0.15) is 0 Å². The summed E-state index contributed by atoms with van der Waals surface area (Å²) in [4.78, 5) is 4.71. The number of aliphatic hydroxyl groups excluding tert-OH is 2. The maximum atomic E-state index is 11.3. The van der Waals surface area contributed by atoms with Crippen molar-refractivity contribution in [2.24, 2.45) is 0 Å². The first kappa shape index (κ1) is 23.7. The van der Waals surface area contributed by atoms with Crippen LogP contribution in [0.5, 0.6) is 0 Å². The van der Waals surface area contributed by atoms with E-state index in [1.807, 2.05) is 0 Å². The standard InChI is InChI=1S/C30H42N2O2/c1-27(2)19-15-17(11-13-21(19)31(9)29(27,5)6)23-25(33)24(26(23)34)18-12-14-22-20(16-18)28(3,4)30(7,8)32(22)10/h11-16,23-26,33-34H,1-10H3. The van der Waals surface area contributed by atoms with Crippen LogP contribution in [0.1, 0.15) is 89.5 Å². The lowest BCUT2D eigenvalue weighted by Gasteiger charge is -2.47. The molecule has 0 bridgehead atoms.